The molecule has 0 radical (unpaired) electrons. The number of nitrogens with one attached hydrogen (secondary N) is 3. The maximum Gasteiger partial charge on any atom is 0.317 e. The van der Waals surface area contributed by atoms with Gasteiger partial charge >= 0.3 is 6.03 Å². The molecule has 0 bridgehead atoms. The first kappa shape index (κ1) is 27.8. The summed E-state index contributed by atoms with van der Waals surface area (Å²) in [4.78, 5) is 38.8. The summed E-state index contributed by atoms with van der Waals surface area (Å²) in [5, 5.41) is 19.6. The topological polar surface area (TPSA) is 160 Å². The molecule has 0 saturated carbocycles. The summed E-state index contributed by atoms with van der Waals surface area (Å²) in [5.41, 5.74) is 8.35. The third-order valence-corrected chi connectivity index (χ3v) is 6.13. The van der Waals surface area contributed by atoms with Crippen molar-refractivity contribution in [3.05, 3.63) is 71.8 Å². The Labute approximate surface area is 206 Å². The number of hydrogen-bond acceptors (Lipinski definition) is 5. The van der Waals surface area contributed by atoms with Crippen LogP contribution in [0.15, 0.2) is 60.7 Å². The molecule has 190 valence electrons. The van der Waals surface area contributed by atoms with Crippen LogP contribution in [0.1, 0.15) is 38.3 Å². The van der Waals surface area contributed by atoms with Gasteiger partial charge in [-0.15, -0.1) is 0 Å². The Kier molecular flexibility index (Phi) is 9.79. The lowest BCUT2D eigenvalue weighted by Gasteiger charge is -2.48. The van der Waals surface area contributed by atoms with E-state index in [4.69, 9.17) is 11.5 Å². The molecule has 3 unspecified atom stereocenters. The van der Waals surface area contributed by atoms with Crippen molar-refractivity contribution >= 4 is 17.8 Å². The Bertz CT molecular complexity index is 986. The van der Waals surface area contributed by atoms with Crippen molar-refractivity contribution in [2.45, 2.75) is 51.4 Å². The van der Waals surface area contributed by atoms with Gasteiger partial charge in [0.2, 0.25) is 11.6 Å². The van der Waals surface area contributed by atoms with Gasteiger partial charge in [0.15, 0.2) is 5.54 Å². The molecular weight excluding hydrogens is 446 g/mol. The van der Waals surface area contributed by atoms with Gasteiger partial charge in [-0.3, -0.25) is 14.9 Å². The van der Waals surface area contributed by atoms with Crippen molar-refractivity contribution in [3.8, 4) is 0 Å². The fraction of sp³-hybridized carbons (Fsp3) is 0.423. The number of carbonyl (C=O) groups is 3. The van der Waals surface area contributed by atoms with E-state index in [-0.39, 0.29) is 19.0 Å². The molecule has 9 nitrogen and oxygen atoms in total. The van der Waals surface area contributed by atoms with Gasteiger partial charge in [-0.05, 0) is 35.9 Å². The zero-order valence-corrected chi connectivity index (χ0v) is 20.6. The largest absolute Gasteiger partial charge is 0.368 e. The monoisotopic (exact) mass is 483 g/mol. The second-order valence-electron chi connectivity index (χ2n) is 9.11. The number of carbonyl (C=O) groups excluding carboxylic acids is 3. The van der Waals surface area contributed by atoms with Gasteiger partial charge in [0, 0.05) is 6.54 Å². The highest BCUT2D eigenvalue weighted by molar-refractivity contribution is 5.99. The van der Waals surface area contributed by atoms with Crippen molar-refractivity contribution in [3.63, 3.8) is 0 Å². The van der Waals surface area contributed by atoms with Gasteiger partial charge in [-0.2, -0.15) is 0 Å². The molecule has 0 aliphatic heterocycles. The summed E-state index contributed by atoms with van der Waals surface area (Å²) in [6.45, 7) is 5.99. The summed E-state index contributed by atoms with van der Waals surface area (Å²) in [6.07, 6.45) is 0.653. The van der Waals surface area contributed by atoms with Crippen LogP contribution in [-0.2, 0) is 22.6 Å². The quantitative estimate of drug-likeness (QED) is 0.237. The zero-order valence-electron chi connectivity index (χ0n) is 20.6. The molecule has 3 atom stereocenters. The minimum absolute atomic E-state index is 0.0343. The SMILES string of the molecule is CCC(Cc1ccccc1)C(NCC(C)C)(C(N)=O)C(O)(NC(=O)NCc1ccccc1)C(N)=O. The van der Waals surface area contributed by atoms with Crippen LogP contribution < -0.4 is 27.4 Å². The lowest BCUT2D eigenvalue weighted by Crippen LogP contribution is -2.82. The molecule has 0 aromatic heterocycles. The van der Waals surface area contributed by atoms with Gasteiger partial charge in [0.05, 0.1) is 0 Å². The maximum absolute atomic E-state index is 13.2. The van der Waals surface area contributed by atoms with E-state index in [2.05, 4.69) is 16.0 Å². The number of primary amides is 2. The van der Waals surface area contributed by atoms with Crippen LogP contribution in [0.25, 0.3) is 0 Å². The molecular formula is C26H37N5O4. The van der Waals surface area contributed by atoms with Crippen LogP contribution in [0, 0.1) is 11.8 Å². The van der Waals surface area contributed by atoms with E-state index in [1.165, 1.54) is 0 Å². The molecule has 0 saturated heterocycles. The fourth-order valence-electron chi connectivity index (χ4n) is 4.24. The highest BCUT2D eigenvalue weighted by atomic mass is 16.3. The van der Waals surface area contributed by atoms with Crippen molar-refractivity contribution in [2.75, 3.05) is 6.54 Å². The molecule has 8 N–H and O–H groups in total. The molecule has 2 aromatic rings. The normalized spacial score (nSPS) is 15.5. The molecule has 2 rings (SSSR count). The number of nitrogens with two attached hydrogens (primary N) is 2. The van der Waals surface area contributed by atoms with E-state index < -0.39 is 35.0 Å². The summed E-state index contributed by atoms with van der Waals surface area (Å²) in [6, 6.07) is 17.5. The number of aliphatic hydroxyl groups is 1. The summed E-state index contributed by atoms with van der Waals surface area (Å²) in [7, 11) is 0. The predicted octanol–water partition coefficient (Wildman–Crippen LogP) is 1.40. The first-order valence-electron chi connectivity index (χ1n) is 11.8. The minimum Gasteiger partial charge on any atom is -0.368 e. The Morgan fingerprint density at radius 3 is 1.91 bits per heavy atom. The number of hydrogen-bond donors (Lipinski definition) is 6. The maximum atomic E-state index is 13.2. The Hall–Kier alpha value is -3.43. The third-order valence-electron chi connectivity index (χ3n) is 6.13. The van der Waals surface area contributed by atoms with Crippen LogP contribution in [0.4, 0.5) is 4.79 Å². The van der Waals surface area contributed by atoms with Crippen LogP contribution in [0.5, 0.6) is 0 Å². The average Bonchev–Trinajstić information content (AvgIpc) is 2.83. The summed E-state index contributed by atoms with van der Waals surface area (Å²) in [5.74, 6) is -2.94. The van der Waals surface area contributed by atoms with Crippen LogP contribution in [-0.4, -0.2) is 40.8 Å². The van der Waals surface area contributed by atoms with Gasteiger partial charge in [0.1, 0.15) is 0 Å². The molecule has 9 heteroatoms. The van der Waals surface area contributed by atoms with Crippen molar-refractivity contribution < 1.29 is 19.5 Å². The zero-order chi connectivity index (χ0) is 26.1. The highest BCUT2D eigenvalue weighted by Crippen LogP contribution is 2.34. The lowest BCUT2D eigenvalue weighted by molar-refractivity contribution is -0.165. The number of amides is 4. The van der Waals surface area contributed by atoms with E-state index in [0.717, 1.165) is 11.1 Å². The van der Waals surface area contributed by atoms with Gasteiger partial charge in [0.25, 0.3) is 5.91 Å². The van der Waals surface area contributed by atoms with Crippen LogP contribution >= 0.6 is 0 Å². The third kappa shape index (κ3) is 6.58. The molecule has 4 amide bonds. The fourth-order valence-corrected chi connectivity index (χ4v) is 4.24. The van der Waals surface area contributed by atoms with Crippen molar-refractivity contribution in [2.24, 2.45) is 23.3 Å². The molecule has 0 aliphatic carbocycles. The molecule has 0 aliphatic rings. The Morgan fingerprint density at radius 2 is 1.46 bits per heavy atom. The number of urea groups is 1. The van der Waals surface area contributed by atoms with E-state index in [0.29, 0.717) is 12.8 Å². The van der Waals surface area contributed by atoms with Crippen LogP contribution in [0.3, 0.4) is 0 Å². The summed E-state index contributed by atoms with van der Waals surface area (Å²) < 4.78 is 0. The van der Waals surface area contributed by atoms with Crippen molar-refractivity contribution in [1.29, 1.82) is 0 Å². The molecule has 0 heterocycles. The van der Waals surface area contributed by atoms with Crippen molar-refractivity contribution in [1.82, 2.24) is 16.0 Å². The van der Waals surface area contributed by atoms with E-state index in [9.17, 15) is 19.5 Å². The predicted molar refractivity (Wildman–Crippen MR) is 135 cm³/mol. The van der Waals surface area contributed by atoms with Crippen LogP contribution in [0.2, 0.25) is 0 Å². The minimum atomic E-state index is -2.82. The number of rotatable bonds is 13. The van der Waals surface area contributed by atoms with Gasteiger partial charge in [-0.25, -0.2) is 4.79 Å². The van der Waals surface area contributed by atoms with E-state index in [1.54, 1.807) is 0 Å². The van der Waals surface area contributed by atoms with Gasteiger partial charge in [-0.1, -0.05) is 87.9 Å². The average molecular weight is 484 g/mol. The lowest BCUT2D eigenvalue weighted by atomic mass is 9.69. The second kappa shape index (κ2) is 12.3. The molecule has 2 aromatic carbocycles. The Balaban J connectivity index is 2.49. The standard InChI is InChI=1S/C26H37N5O4/c1-4-21(15-19-11-7-5-8-12-19)25(22(27)32,30-16-18(2)3)26(35,23(28)33)31-24(34)29-17-20-13-9-6-10-14-20/h5-14,18,21,30,35H,4,15-17H2,1-3H3,(H2,27,32)(H2,28,33)(H2,29,31,34). The number of benzene rings is 2. The highest BCUT2D eigenvalue weighted by Gasteiger charge is 2.63. The molecule has 0 fully saturated rings. The second-order valence-corrected chi connectivity index (χ2v) is 9.11. The van der Waals surface area contributed by atoms with E-state index >= 15 is 0 Å². The molecule has 35 heavy (non-hydrogen) atoms. The first-order chi connectivity index (χ1) is 16.6. The Morgan fingerprint density at radius 1 is 0.914 bits per heavy atom. The first-order valence-corrected chi connectivity index (χ1v) is 11.8. The van der Waals surface area contributed by atoms with E-state index in [1.807, 2.05) is 81.4 Å². The smallest absolute Gasteiger partial charge is 0.317 e. The van der Waals surface area contributed by atoms with Gasteiger partial charge < -0.3 is 27.2 Å². The molecule has 0 spiro atoms. The summed E-state index contributed by atoms with van der Waals surface area (Å²) >= 11 is 0.